The van der Waals surface area contributed by atoms with Crippen LogP contribution in [0.3, 0.4) is 0 Å². The molecule has 1 aromatic heterocycles. The summed E-state index contributed by atoms with van der Waals surface area (Å²) in [5.74, 6) is 0.457. The van der Waals surface area contributed by atoms with Crippen LogP contribution in [0.15, 0.2) is 58.0 Å². The number of rotatable bonds is 3. The molecule has 114 valence electrons. The van der Waals surface area contributed by atoms with E-state index in [1.165, 1.54) is 17.3 Å². The highest BCUT2D eigenvalue weighted by Gasteiger charge is 2.21. The lowest BCUT2D eigenvalue weighted by molar-refractivity contribution is 0.419. The van der Waals surface area contributed by atoms with Crippen molar-refractivity contribution in [3.05, 3.63) is 58.2 Å². The molecule has 0 bridgehead atoms. The van der Waals surface area contributed by atoms with Gasteiger partial charge in [-0.3, -0.25) is 0 Å². The molecular formula is C15H11BrClNO3S. The van der Waals surface area contributed by atoms with E-state index in [9.17, 15) is 8.42 Å². The van der Waals surface area contributed by atoms with Gasteiger partial charge >= 0.3 is 0 Å². The van der Waals surface area contributed by atoms with Gasteiger partial charge in [0.25, 0.3) is 10.0 Å². The van der Waals surface area contributed by atoms with Gasteiger partial charge in [0.15, 0.2) is 0 Å². The number of benzene rings is 2. The van der Waals surface area contributed by atoms with Gasteiger partial charge in [0.1, 0.15) is 5.75 Å². The van der Waals surface area contributed by atoms with Crippen LogP contribution in [0.4, 0.5) is 0 Å². The molecule has 0 N–H and O–H groups in total. The van der Waals surface area contributed by atoms with E-state index in [2.05, 4.69) is 15.9 Å². The van der Waals surface area contributed by atoms with E-state index in [-0.39, 0.29) is 4.90 Å². The Morgan fingerprint density at radius 2 is 1.82 bits per heavy atom. The molecule has 0 saturated heterocycles. The van der Waals surface area contributed by atoms with E-state index in [0.29, 0.717) is 21.7 Å². The van der Waals surface area contributed by atoms with Crippen LogP contribution in [0.5, 0.6) is 5.75 Å². The number of nitrogens with zero attached hydrogens (tertiary/aromatic N) is 1. The van der Waals surface area contributed by atoms with Gasteiger partial charge in [0, 0.05) is 14.9 Å². The number of methoxy groups -OCH3 is 1. The quantitative estimate of drug-likeness (QED) is 0.658. The Labute approximate surface area is 141 Å². The lowest BCUT2D eigenvalue weighted by atomic mass is 10.2. The second-order valence-electron chi connectivity index (χ2n) is 4.61. The third-order valence-corrected chi connectivity index (χ3v) is 5.74. The van der Waals surface area contributed by atoms with Gasteiger partial charge in [-0.15, -0.1) is 0 Å². The summed E-state index contributed by atoms with van der Waals surface area (Å²) in [4.78, 5) is 0.199. The van der Waals surface area contributed by atoms with Crippen LogP contribution in [0.2, 0.25) is 5.02 Å². The summed E-state index contributed by atoms with van der Waals surface area (Å²) in [6.07, 6.45) is 1.46. The molecule has 0 aliphatic heterocycles. The van der Waals surface area contributed by atoms with Crippen LogP contribution >= 0.6 is 27.5 Å². The minimum atomic E-state index is -3.71. The van der Waals surface area contributed by atoms with Gasteiger partial charge in [-0.2, -0.15) is 0 Å². The van der Waals surface area contributed by atoms with Gasteiger partial charge in [0.05, 0.1) is 23.7 Å². The first kappa shape index (κ1) is 15.4. The fourth-order valence-electron chi connectivity index (χ4n) is 2.23. The molecule has 3 aromatic rings. The first-order valence-corrected chi connectivity index (χ1v) is 8.90. The third kappa shape index (κ3) is 2.51. The molecule has 4 nitrogen and oxygen atoms in total. The molecule has 7 heteroatoms. The second kappa shape index (κ2) is 5.61. The maximum atomic E-state index is 12.8. The van der Waals surface area contributed by atoms with Crippen molar-refractivity contribution >= 4 is 48.5 Å². The fraction of sp³-hybridized carbons (Fsp3) is 0.0667. The molecule has 22 heavy (non-hydrogen) atoms. The maximum absolute atomic E-state index is 12.8. The van der Waals surface area contributed by atoms with E-state index >= 15 is 0 Å². The highest BCUT2D eigenvalue weighted by Crippen LogP contribution is 2.33. The van der Waals surface area contributed by atoms with E-state index in [0.717, 1.165) is 4.47 Å². The van der Waals surface area contributed by atoms with Crippen LogP contribution in [0, 0.1) is 0 Å². The van der Waals surface area contributed by atoms with Gasteiger partial charge in [0.2, 0.25) is 0 Å². The lowest BCUT2D eigenvalue weighted by Gasteiger charge is -2.07. The molecule has 2 aromatic carbocycles. The number of hydrogen-bond donors (Lipinski definition) is 0. The van der Waals surface area contributed by atoms with Crippen LogP contribution < -0.4 is 4.74 Å². The summed E-state index contributed by atoms with van der Waals surface area (Å²) in [6.45, 7) is 0. The molecule has 3 rings (SSSR count). The number of fused-ring (bicyclic) bond motifs is 1. The number of halogens is 2. The van der Waals surface area contributed by atoms with Crippen LogP contribution in [0.25, 0.3) is 10.9 Å². The highest BCUT2D eigenvalue weighted by molar-refractivity contribution is 9.10. The second-order valence-corrected chi connectivity index (χ2v) is 7.78. The number of ether oxygens (including phenoxy) is 1. The predicted octanol–water partition coefficient (Wildman–Crippen LogP) is 4.30. The lowest BCUT2D eigenvalue weighted by Crippen LogP contribution is -2.11. The summed E-state index contributed by atoms with van der Waals surface area (Å²) < 4.78 is 32.9. The van der Waals surface area contributed by atoms with Gasteiger partial charge < -0.3 is 4.74 Å². The Morgan fingerprint density at radius 1 is 1.14 bits per heavy atom. The summed E-state index contributed by atoms with van der Waals surface area (Å²) in [5, 5.41) is 1.17. The zero-order valence-electron chi connectivity index (χ0n) is 11.5. The topological polar surface area (TPSA) is 48.3 Å². The first-order valence-electron chi connectivity index (χ1n) is 6.29. The molecule has 1 heterocycles. The number of hydrogen-bond acceptors (Lipinski definition) is 3. The van der Waals surface area contributed by atoms with Crippen molar-refractivity contribution < 1.29 is 13.2 Å². The SMILES string of the molecule is COc1cn(S(=O)(=O)c2ccc(Br)cc2)c2ccc(Cl)cc12. The zero-order chi connectivity index (χ0) is 15.9. The van der Waals surface area contributed by atoms with Crippen molar-refractivity contribution in [1.82, 2.24) is 3.97 Å². The third-order valence-electron chi connectivity index (χ3n) is 3.29. The smallest absolute Gasteiger partial charge is 0.268 e. The molecule has 0 spiro atoms. The van der Waals surface area contributed by atoms with Crippen molar-refractivity contribution in [2.75, 3.05) is 7.11 Å². The molecule has 0 amide bonds. The normalized spacial score (nSPS) is 11.8. The molecule has 0 radical (unpaired) electrons. The minimum Gasteiger partial charge on any atom is -0.494 e. The Bertz CT molecular complexity index is 949. The first-order chi connectivity index (χ1) is 10.4. The summed E-state index contributed by atoms with van der Waals surface area (Å²) in [5.41, 5.74) is 0.518. The minimum absolute atomic E-state index is 0.199. The average molecular weight is 401 g/mol. The van der Waals surface area contributed by atoms with Gasteiger partial charge in [-0.1, -0.05) is 27.5 Å². The standard InChI is InChI=1S/C15H11BrClNO3S/c1-21-15-9-18(14-7-4-11(17)8-13(14)15)22(19,20)12-5-2-10(16)3-6-12/h2-9H,1H3. The summed E-state index contributed by atoms with van der Waals surface area (Å²) in [7, 11) is -2.22. The maximum Gasteiger partial charge on any atom is 0.268 e. The van der Waals surface area contributed by atoms with E-state index in [1.807, 2.05) is 0 Å². The van der Waals surface area contributed by atoms with Crippen molar-refractivity contribution in [3.8, 4) is 5.75 Å². The zero-order valence-corrected chi connectivity index (χ0v) is 14.6. The molecule has 0 saturated carbocycles. The van der Waals surface area contributed by atoms with Gasteiger partial charge in [-0.25, -0.2) is 12.4 Å². The monoisotopic (exact) mass is 399 g/mol. The molecular weight excluding hydrogens is 390 g/mol. The molecule has 0 unspecified atom stereocenters. The van der Waals surface area contributed by atoms with E-state index in [1.54, 1.807) is 42.5 Å². The molecule has 0 aliphatic rings. The van der Waals surface area contributed by atoms with Crippen molar-refractivity contribution in [1.29, 1.82) is 0 Å². The Hall–Kier alpha value is -1.50. The van der Waals surface area contributed by atoms with Crippen LogP contribution in [0.1, 0.15) is 0 Å². The molecule has 0 fully saturated rings. The van der Waals surface area contributed by atoms with Crippen molar-refractivity contribution in [2.24, 2.45) is 0 Å². The Balaban J connectivity index is 2.27. The van der Waals surface area contributed by atoms with Gasteiger partial charge in [-0.05, 0) is 42.5 Å². The predicted molar refractivity (Wildman–Crippen MR) is 90.2 cm³/mol. The molecule has 0 aliphatic carbocycles. The Kier molecular flexibility index (Phi) is 3.92. The van der Waals surface area contributed by atoms with Crippen molar-refractivity contribution in [2.45, 2.75) is 4.90 Å². The highest BCUT2D eigenvalue weighted by atomic mass is 79.9. The summed E-state index contributed by atoms with van der Waals surface area (Å²) >= 11 is 9.28. The fourth-order valence-corrected chi connectivity index (χ4v) is 4.02. The van der Waals surface area contributed by atoms with Crippen molar-refractivity contribution in [3.63, 3.8) is 0 Å². The molecule has 0 atom stereocenters. The van der Waals surface area contributed by atoms with E-state index in [4.69, 9.17) is 16.3 Å². The average Bonchev–Trinajstić information content (AvgIpc) is 2.86. The number of aromatic nitrogens is 1. The van der Waals surface area contributed by atoms with E-state index < -0.39 is 10.0 Å². The largest absolute Gasteiger partial charge is 0.494 e. The van der Waals surface area contributed by atoms with Crippen LogP contribution in [-0.2, 0) is 10.0 Å². The Morgan fingerprint density at radius 3 is 2.45 bits per heavy atom. The van der Waals surface area contributed by atoms with Crippen LogP contribution in [-0.4, -0.2) is 19.5 Å². The summed E-state index contributed by atoms with van der Waals surface area (Å²) in [6, 6.07) is 11.5.